The van der Waals surface area contributed by atoms with E-state index in [0.717, 1.165) is 31.4 Å². The van der Waals surface area contributed by atoms with Crippen LogP contribution in [0.15, 0.2) is 30.3 Å². The lowest BCUT2D eigenvalue weighted by molar-refractivity contribution is -0.149. The average Bonchev–Trinajstić information content (AvgIpc) is 3.11. The van der Waals surface area contributed by atoms with Crippen molar-refractivity contribution < 1.29 is 14.7 Å². The van der Waals surface area contributed by atoms with Gasteiger partial charge in [-0.1, -0.05) is 36.8 Å². The molecule has 1 aliphatic carbocycles. The average molecular weight is 381 g/mol. The third-order valence-electron chi connectivity index (χ3n) is 5.87. The van der Waals surface area contributed by atoms with Crippen LogP contribution >= 0.6 is 12.4 Å². The fraction of sp³-hybridized carbons (Fsp3) is 0.600. The molecule has 1 amide bonds. The van der Waals surface area contributed by atoms with Crippen molar-refractivity contribution >= 4 is 24.3 Å². The third-order valence-corrected chi connectivity index (χ3v) is 5.87. The number of carbonyl (C=O) groups is 2. The summed E-state index contributed by atoms with van der Waals surface area (Å²) in [5.41, 5.74) is 0.493. The van der Waals surface area contributed by atoms with Crippen molar-refractivity contribution in [3.8, 4) is 0 Å². The Balaban J connectivity index is 0.00000243. The van der Waals surface area contributed by atoms with Crippen molar-refractivity contribution in [2.24, 2.45) is 11.3 Å². The fourth-order valence-corrected chi connectivity index (χ4v) is 4.48. The molecule has 1 saturated carbocycles. The van der Waals surface area contributed by atoms with Gasteiger partial charge in [0, 0.05) is 25.7 Å². The molecule has 3 rings (SSSR count). The van der Waals surface area contributed by atoms with Gasteiger partial charge in [-0.25, -0.2) is 0 Å². The fourth-order valence-electron chi connectivity index (χ4n) is 4.48. The number of fused-ring (bicyclic) bond motifs is 1. The van der Waals surface area contributed by atoms with Crippen LogP contribution in [0, 0.1) is 11.3 Å². The van der Waals surface area contributed by atoms with E-state index >= 15 is 0 Å². The second kappa shape index (κ2) is 8.40. The minimum Gasteiger partial charge on any atom is -0.481 e. The molecule has 1 aromatic carbocycles. The topological polar surface area (TPSA) is 60.9 Å². The van der Waals surface area contributed by atoms with E-state index in [-0.39, 0.29) is 30.3 Å². The van der Waals surface area contributed by atoms with Gasteiger partial charge in [0.15, 0.2) is 0 Å². The molecule has 1 saturated heterocycles. The molecule has 1 aromatic rings. The monoisotopic (exact) mass is 380 g/mol. The van der Waals surface area contributed by atoms with Crippen molar-refractivity contribution in [2.45, 2.75) is 45.7 Å². The molecule has 0 unspecified atom stereocenters. The molecule has 1 aliphatic heterocycles. The standard InChI is InChI=1S/C20H28N2O3.ClH/c1-15(2)22(11-16-7-4-3-5-8-16)18(23)13-21-12-17-9-6-10-20(17,14-21)19(24)25;/h3-5,7-8,15,17H,6,9-14H2,1-2H3,(H,24,25);1H/t17-,20+;/m0./s1. The molecule has 2 atom stereocenters. The second-order valence-corrected chi connectivity index (χ2v) is 7.82. The molecule has 1 N–H and O–H groups in total. The van der Waals surface area contributed by atoms with Gasteiger partial charge < -0.3 is 10.0 Å². The van der Waals surface area contributed by atoms with Gasteiger partial charge in [0.05, 0.1) is 12.0 Å². The Morgan fingerprint density at radius 1 is 1.31 bits per heavy atom. The van der Waals surface area contributed by atoms with Gasteiger partial charge in [0.2, 0.25) is 5.91 Å². The molecule has 2 fully saturated rings. The van der Waals surface area contributed by atoms with E-state index in [4.69, 9.17) is 0 Å². The highest BCUT2D eigenvalue weighted by molar-refractivity contribution is 5.85. The highest BCUT2D eigenvalue weighted by Crippen LogP contribution is 2.48. The first-order valence-corrected chi connectivity index (χ1v) is 9.21. The number of likely N-dealkylation sites (tertiary alicyclic amines) is 1. The number of hydrogen-bond acceptors (Lipinski definition) is 3. The maximum atomic E-state index is 12.9. The number of nitrogens with zero attached hydrogens (tertiary/aromatic N) is 2. The van der Waals surface area contributed by atoms with Gasteiger partial charge in [0.25, 0.3) is 0 Å². The van der Waals surface area contributed by atoms with E-state index in [1.165, 1.54) is 0 Å². The van der Waals surface area contributed by atoms with Crippen molar-refractivity contribution in [2.75, 3.05) is 19.6 Å². The molecular formula is C20H29ClN2O3. The van der Waals surface area contributed by atoms with Crippen LogP contribution in [-0.4, -0.2) is 52.5 Å². The van der Waals surface area contributed by atoms with E-state index in [1.54, 1.807) is 0 Å². The number of benzene rings is 1. The summed E-state index contributed by atoms with van der Waals surface area (Å²) in [7, 11) is 0. The molecule has 2 aliphatic rings. The third kappa shape index (κ3) is 4.04. The molecule has 1 heterocycles. The molecule has 0 spiro atoms. The summed E-state index contributed by atoms with van der Waals surface area (Å²) in [6, 6.07) is 10.1. The Hall–Kier alpha value is -1.59. The van der Waals surface area contributed by atoms with Crippen LogP contribution in [0.5, 0.6) is 0 Å². The number of carbonyl (C=O) groups excluding carboxylic acids is 1. The van der Waals surface area contributed by atoms with Gasteiger partial charge in [0.1, 0.15) is 0 Å². The number of carboxylic acid groups (broad SMARTS) is 1. The first kappa shape index (κ1) is 20.7. The molecule has 6 heteroatoms. The van der Waals surface area contributed by atoms with Crippen LogP contribution in [0.4, 0.5) is 0 Å². The summed E-state index contributed by atoms with van der Waals surface area (Å²) in [6.07, 6.45) is 2.70. The Bertz CT molecular complexity index is 637. The Morgan fingerprint density at radius 2 is 2.00 bits per heavy atom. The van der Waals surface area contributed by atoms with Crippen LogP contribution in [0.3, 0.4) is 0 Å². The number of rotatable bonds is 6. The van der Waals surface area contributed by atoms with Gasteiger partial charge in [-0.05, 0) is 38.2 Å². The highest BCUT2D eigenvalue weighted by atomic mass is 35.5. The number of carboxylic acids is 1. The molecule has 0 bridgehead atoms. The highest BCUT2D eigenvalue weighted by Gasteiger charge is 2.54. The van der Waals surface area contributed by atoms with E-state index in [2.05, 4.69) is 4.90 Å². The smallest absolute Gasteiger partial charge is 0.311 e. The molecule has 26 heavy (non-hydrogen) atoms. The Kier molecular flexibility index (Phi) is 6.69. The number of aliphatic carboxylic acids is 1. The minimum atomic E-state index is -0.685. The van der Waals surface area contributed by atoms with Gasteiger partial charge >= 0.3 is 5.97 Å². The van der Waals surface area contributed by atoms with Crippen molar-refractivity contribution in [3.63, 3.8) is 0 Å². The summed E-state index contributed by atoms with van der Waals surface area (Å²) < 4.78 is 0. The van der Waals surface area contributed by atoms with E-state index in [1.807, 2.05) is 49.1 Å². The Morgan fingerprint density at radius 3 is 2.58 bits per heavy atom. The molecule has 5 nitrogen and oxygen atoms in total. The van der Waals surface area contributed by atoms with Gasteiger partial charge in [-0.3, -0.25) is 14.5 Å². The first-order valence-electron chi connectivity index (χ1n) is 9.21. The van der Waals surface area contributed by atoms with Crippen LogP contribution in [0.2, 0.25) is 0 Å². The summed E-state index contributed by atoms with van der Waals surface area (Å²) in [5.74, 6) is -0.409. The normalized spacial score (nSPS) is 25.0. The van der Waals surface area contributed by atoms with E-state index in [0.29, 0.717) is 19.6 Å². The van der Waals surface area contributed by atoms with Crippen LogP contribution in [0.25, 0.3) is 0 Å². The summed E-state index contributed by atoms with van der Waals surface area (Å²) in [6.45, 7) is 6.21. The predicted molar refractivity (Wildman–Crippen MR) is 103 cm³/mol. The second-order valence-electron chi connectivity index (χ2n) is 7.82. The van der Waals surface area contributed by atoms with Crippen LogP contribution in [-0.2, 0) is 16.1 Å². The molecule has 0 aromatic heterocycles. The van der Waals surface area contributed by atoms with Crippen molar-refractivity contribution in [1.82, 2.24) is 9.80 Å². The lowest BCUT2D eigenvalue weighted by atomic mass is 9.81. The quantitative estimate of drug-likeness (QED) is 0.824. The van der Waals surface area contributed by atoms with Crippen LogP contribution < -0.4 is 0 Å². The van der Waals surface area contributed by atoms with Gasteiger partial charge in [-0.2, -0.15) is 0 Å². The predicted octanol–water partition coefficient (Wildman–Crippen LogP) is 3.03. The lowest BCUT2D eigenvalue weighted by Gasteiger charge is -2.29. The SMILES string of the molecule is CC(C)N(Cc1ccccc1)C(=O)CN1C[C@@H]2CCC[C@@]2(C(=O)O)C1.Cl. The summed E-state index contributed by atoms with van der Waals surface area (Å²) in [4.78, 5) is 28.6. The largest absolute Gasteiger partial charge is 0.481 e. The summed E-state index contributed by atoms with van der Waals surface area (Å²) in [5, 5.41) is 9.70. The van der Waals surface area contributed by atoms with E-state index < -0.39 is 11.4 Å². The zero-order chi connectivity index (χ0) is 18.0. The van der Waals surface area contributed by atoms with Gasteiger partial charge in [-0.15, -0.1) is 12.4 Å². The molecule has 144 valence electrons. The number of hydrogen-bond donors (Lipinski definition) is 1. The van der Waals surface area contributed by atoms with E-state index in [9.17, 15) is 14.7 Å². The minimum absolute atomic E-state index is 0. The maximum Gasteiger partial charge on any atom is 0.311 e. The van der Waals surface area contributed by atoms with Crippen molar-refractivity contribution in [1.29, 1.82) is 0 Å². The maximum absolute atomic E-state index is 12.9. The Labute approximate surface area is 161 Å². The molecular weight excluding hydrogens is 352 g/mol. The zero-order valence-corrected chi connectivity index (χ0v) is 16.4. The number of amides is 1. The lowest BCUT2D eigenvalue weighted by Crippen LogP contribution is -2.43. The van der Waals surface area contributed by atoms with Crippen molar-refractivity contribution in [3.05, 3.63) is 35.9 Å². The summed E-state index contributed by atoms with van der Waals surface area (Å²) >= 11 is 0. The van der Waals surface area contributed by atoms with Crippen LogP contribution in [0.1, 0.15) is 38.7 Å². The molecule has 0 radical (unpaired) electrons. The first-order chi connectivity index (χ1) is 11.9. The number of halogens is 1. The zero-order valence-electron chi connectivity index (χ0n) is 15.6.